The van der Waals surface area contributed by atoms with Gasteiger partial charge >= 0.3 is 0 Å². The molecule has 162 valence electrons. The summed E-state index contributed by atoms with van der Waals surface area (Å²) >= 11 is 7.08. The second-order valence-corrected chi connectivity index (χ2v) is 10.8. The zero-order valence-corrected chi connectivity index (χ0v) is 18.7. The van der Waals surface area contributed by atoms with Gasteiger partial charge in [-0.2, -0.15) is 4.72 Å². The number of benzene rings is 1. The first-order valence-electron chi connectivity index (χ1n) is 9.65. The molecule has 2 amide bonds. The van der Waals surface area contributed by atoms with Crippen molar-refractivity contribution in [1.29, 1.82) is 0 Å². The lowest BCUT2D eigenvalue weighted by molar-refractivity contribution is -0.146. The summed E-state index contributed by atoms with van der Waals surface area (Å²) in [6, 6.07) is 5.21. The van der Waals surface area contributed by atoms with E-state index in [4.69, 9.17) is 16.3 Å². The molecule has 0 saturated carbocycles. The SMILES string of the molecule is C[C@@H](C(=O)N1CCOCC1)N1CC[C@H](NS(=O)(=O)c2cc3ccc(Cl)cc3s2)C1=O. The third kappa shape index (κ3) is 4.19. The Hall–Kier alpha value is -1.72. The summed E-state index contributed by atoms with van der Waals surface area (Å²) in [4.78, 5) is 28.7. The van der Waals surface area contributed by atoms with Crippen LogP contribution in [0.1, 0.15) is 13.3 Å². The van der Waals surface area contributed by atoms with E-state index >= 15 is 0 Å². The van der Waals surface area contributed by atoms with Crippen LogP contribution in [-0.4, -0.2) is 75.0 Å². The second kappa shape index (κ2) is 8.43. The highest BCUT2D eigenvalue weighted by atomic mass is 35.5. The van der Waals surface area contributed by atoms with Crippen LogP contribution in [0.5, 0.6) is 0 Å². The predicted molar refractivity (Wildman–Crippen MR) is 114 cm³/mol. The molecule has 1 N–H and O–H groups in total. The molecule has 2 aliphatic heterocycles. The summed E-state index contributed by atoms with van der Waals surface area (Å²) < 4.78 is 34.4. The van der Waals surface area contributed by atoms with Crippen molar-refractivity contribution in [2.45, 2.75) is 29.6 Å². The van der Waals surface area contributed by atoms with Crippen molar-refractivity contribution in [2.75, 3.05) is 32.8 Å². The fraction of sp³-hybridized carbons (Fsp3) is 0.474. The van der Waals surface area contributed by atoms with Crippen LogP contribution in [0.3, 0.4) is 0 Å². The molecule has 0 radical (unpaired) electrons. The minimum Gasteiger partial charge on any atom is -0.378 e. The number of halogens is 1. The Balaban J connectivity index is 1.45. The van der Waals surface area contributed by atoms with E-state index < -0.39 is 22.1 Å². The van der Waals surface area contributed by atoms with Crippen molar-refractivity contribution < 1.29 is 22.7 Å². The number of nitrogens with zero attached hydrogens (tertiary/aromatic N) is 2. The van der Waals surface area contributed by atoms with Gasteiger partial charge in [-0.1, -0.05) is 17.7 Å². The lowest BCUT2D eigenvalue weighted by Crippen LogP contribution is -2.52. The second-order valence-electron chi connectivity index (χ2n) is 7.36. The number of morpholine rings is 1. The van der Waals surface area contributed by atoms with Crippen molar-refractivity contribution in [3.63, 3.8) is 0 Å². The number of carbonyl (C=O) groups is 2. The first-order chi connectivity index (χ1) is 14.3. The Morgan fingerprint density at radius 3 is 2.73 bits per heavy atom. The zero-order chi connectivity index (χ0) is 21.5. The topological polar surface area (TPSA) is 96.0 Å². The molecule has 2 saturated heterocycles. The molecule has 0 aliphatic carbocycles. The molecular weight excluding hydrogens is 450 g/mol. The van der Waals surface area contributed by atoms with Gasteiger partial charge in [0.2, 0.25) is 11.8 Å². The number of hydrogen-bond acceptors (Lipinski definition) is 6. The molecule has 0 spiro atoms. The monoisotopic (exact) mass is 471 g/mol. The van der Waals surface area contributed by atoms with E-state index in [0.29, 0.717) is 44.3 Å². The van der Waals surface area contributed by atoms with Crippen LogP contribution in [0.25, 0.3) is 10.1 Å². The Bertz CT molecular complexity index is 1080. The minimum atomic E-state index is -3.88. The van der Waals surface area contributed by atoms with Gasteiger partial charge in [-0.3, -0.25) is 9.59 Å². The Labute approximate surface area is 183 Å². The van der Waals surface area contributed by atoms with Gasteiger partial charge in [0.25, 0.3) is 10.0 Å². The Kier molecular flexibility index (Phi) is 6.04. The average Bonchev–Trinajstić information content (AvgIpc) is 3.31. The van der Waals surface area contributed by atoms with Gasteiger partial charge < -0.3 is 14.5 Å². The van der Waals surface area contributed by atoms with Crippen molar-refractivity contribution in [2.24, 2.45) is 0 Å². The fourth-order valence-electron chi connectivity index (χ4n) is 3.74. The smallest absolute Gasteiger partial charge is 0.250 e. The van der Waals surface area contributed by atoms with Crippen LogP contribution in [-0.2, 0) is 24.3 Å². The molecule has 2 aromatic rings. The molecule has 3 heterocycles. The fourth-order valence-corrected chi connectivity index (χ4v) is 6.65. The van der Waals surface area contributed by atoms with Crippen molar-refractivity contribution >= 4 is 54.9 Å². The number of nitrogens with one attached hydrogen (secondary N) is 1. The number of hydrogen-bond donors (Lipinski definition) is 1. The van der Waals surface area contributed by atoms with E-state index in [2.05, 4.69) is 4.72 Å². The number of fused-ring (bicyclic) bond motifs is 1. The summed E-state index contributed by atoms with van der Waals surface area (Å²) in [6.07, 6.45) is 0.315. The largest absolute Gasteiger partial charge is 0.378 e. The zero-order valence-electron chi connectivity index (χ0n) is 16.3. The van der Waals surface area contributed by atoms with E-state index in [9.17, 15) is 18.0 Å². The predicted octanol–water partition coefficient (Wildman–Crippen LogP) is 1.68. The van der Waals surface area contributed by atoms with Crippen molar-refractivity contribution in [3.05, 3.63) is 29.3 Å². The van der Waals surface area contributed by atoms with Gasteiger partial charge in [0.1, 0.15) is 16.3 Å². The number of sulfonamides is 1. The third-order valence-corrected chi connectivity index (χ3v) is 8.69. The Morgan fingerprint density at radius 1 is 1.27 bits per heavy atom. The van der Waals surface area contributed by atoms with Gasteiger partial charge in [-0.15, -0.1) is 11.3 Å². The van der Waals surface area contributed by atoms with E-state index in [-0.39, 0.29) is 16.0 Å². The van der Waals surface area contributed by atoms with Gasteiger partial charge in [-0.05, 0) is 36.9 Å². The maximum Gasteiger partial charge on any atom is 0.250 e. The van der Waals surface area contributed by atoms with Crippen molar-refractivity contribution in [3.8, 4) is 0 Å². The van der Waals surface area contributed by atoms with E-state index in [1.165, 1.54) is 4.90 Å². The number of rotatable bonds is 5. The highest BCUT2D eigenvalue weighted by Gasteiger charge is 2.40. The molecular formula is C19H22ClN3O5S2. The van der Waals surface area contributed by atoms with Gasteiger partial charge in [0.05, 0.1) is 13.2 Å². The molecule has 0 unspecified atom stereocenters. The maximum atomic E-state index is 12.9. The highest BCUT2D eigenvalue weighted by molar-refractivity contribution is 7.91. The normalized spacial score (nSPS) is 21.4. The van der Waals surface area contributed by atoms with E-state index in [1.54, 1.807) is 36.1 Å². The molecule has 30 heavy (non-hydrogen) atoms. The van der Waals surface area contributed by atoms with Crippen LogP contribution in [0.4, 0.5) is 0 Å². The van der Waals surface area contributed by atoms with Crippen LogP contribution >= 0.6 is 22.9 Å². The molecule has 0 bridgehead atoms. The lowest BCUT2D eigenvalue weighted by atomic mass is 10.2. The molecule has 2 fully saturated rings. The number of likely N-dealkylation sites (tertiary alicyclic amines) is 1. The molecule has 4 rings (SSSR count). The standard InChI is InChI=1S/C19H22ClN3O5S2/c1-12(18(24)22-6-8-28-9-7-22)23-5-4-15(19(23)25)21-30(26,27)17-10-13-2-3-14(20)11-16(13)29-17/h2-3,10-12,15,21H,4-9H2,1H3/t12-,15-/m0/s1. The van der Waals surface area contributed by atoms with Crippen LogP contribution in [0.2, 0.25) is 5.02 Å². The molecule has 1 aromatic heterocycles. The summed E-state index contributed by atoms with van der Waals surface area (Å²) in [6.45, 7) is 3.96. The van der Waals surface area contributed by atoms with Crippen LogP contribution < -0.4 is 4.72 Å². The first kappa shape index (κ1) is 21.5. The van der Waals surface area contributed by atoms with Gasteiger partial charge in [-0.25, -0.2) is 8.42 Å². The molecule has 2 atom stereocenters. The Morgan fingerprint density at radius 2 is 2.00 bits per heavy atom. The van der Waals surface area contributed by atoms with E-state index in [0.717, 1.165) is 21.4 Å². The van der Waals surface area contributed by atoms with Crippen LogP contribution in [0.15, 0.2) is 28.5 Å². The minimum absolute atomic E-state index is 0.128. The van der Waals surface area contributed by atoms with Crippen LogP contribution in [0, 0.1) is 0 Å². The highest BCUT2D eigenvalue weighted by Crippen LogP contribution is 2.31. The summed E-state index contributed by atoms with van der Waals surface area (Å²) in [7, 11) is -3.88. The molecule has 1 aromatic carbocycles. The van der Waals surface area contributed by atoms with Gasteiger partial charge in [0, 0.05) is 29.4 Å². The number of ether oxygens (including phenoxy) is 1. The summed E-state index contributed by atoms with van der Waals surface area (Å²) in [5.74, 6) is -0.520. The molecule has 8 nitrogen and oxygen atoms in total. The summed E-state index contributed by atoms with van der Waals surface area (Å²) in [5.41, 5.74) is 0. The lowest BCUT2D eigenvalue weighted by Gasteiger charge is -2.32. The number of amides is 2. The quantitative estimate of drug-likeness (QED) is 0.715. The molecule has 11 heteroatoms. The van der Waals surface area contributed by atoms with E-state index in [1.807, 2.05) is 0 Å². The number of carbonyl (C=O) groups excluding carboxylic acids is 2. The average molecular weight is 472 g/mol. The summed E-state index contributed by atoms with van der Waals surface area (Å²) in [5, 5.41) is 1.30. The first-order valence-corrected chi connectivity index (χ1v) is 12.3. The van der Waals surface area contributed by atoms with Crippen molar-refractivity contribution in [1.82, 2.24) is 14.5 Å². The van der Waals surface area contributed by atoms with Gasteiger partial charge in [0.15, 0.2) is 0 Å². The third-order valence-electron chi connectivity index (χ3n) is 5.41. The number of thiophene rings is 1. The maximum absolute atomic E-state index is 12.9. The molecule has 2 aliphatic rings.